The first-order valence-corrected chi connectivity index (χ1v) is 10.5. The van der Waals surface area contributed by atoms with Crippen LogP contribution in [0.3, 0.4) is 0 Å². The number of allylic oxidation sites excluding steroid dienone is 5. The standard InChI is InChI=1S/C23H31ClO5/c1-4-5-6-7-10-13-16-23(29-18(2)25)17-20(24)22(27)19(23)14-11-8-9-12-15-21(26)28-3/h8,10-11,13-14,17H,4-7,9,12,15-16H2,1-3H3/b11-8+,13-10-,19-14?/t23-/m1/s1. The predicted octanol–water partition coefficient (Wildman–Crippen LogP) is 5.35. The molecular formula is C23H31ClO5. The summed E-state index contributed by atoms with van der Waals surface area (Å²) in [6.07, 6.45) is 17.1. The highest BCUT2D eigenvalue weighted by atomic mass is 35.5. The van der Waals surface area contributed by atoms with Crippen LogP contribution in [-0.2, 0) is 23.9 Å². The number of ether oxygens (including phenoxy) is 2. The first-order chi connectivity index (χ1) is 13.9. The van der Waals surface area contributed by atoms with Crippen LogP contribution in [0.4, 0.5) is 0 Å². The van der Waals surface area contributed by atoms with Gasteiger partial charge in [-0.05, 0) is 31.8 Å². The topological polar surface area (TPSA) is 69.7 Å². The summed E-state index contributed by atoms with van der Waals surface area (Å²) in [6.45, 7) is 3.47. The molecule has 0 radical (unpaired) electrons. The van der Waals surface area contributed by atoms with Gasteiger partial charge in [0.1, 0.15) is 0 Å². The van der Waals surface area contributed by atoms with Gasteiger partial charge in [-0.15, -0.1) is 0 Å². The molecule has 1 aliphatic carbocycles. The summed E-state index contributed by atoms with van der Waals surface area (Å²) >= 11 is 6.10. The number of rotatable bonds is 12. The van der Waals surface area contributed by atoms with Gasteiger partial charge < -0.3 is 9.47 Å². The molecule has 0 unspecified atom stereocenters. The van der Waals surface area contributed by atoms with Gasteiger partial charge in [0.05, 0.1) is 12.1 Å². The number of carbonyl (C=O) groups excluding carboxylic acids is 3. The van der Waals surface area contributed by atoms with Gasteiger partial charge in [-0.3, -0.25) is 14.4 Å². The Bertz CT molecular complexity index is 702. The van der Waals surface area contributed by atoms with Crippen molar-refractivity contribution < 1.29 is 23.9 Å². The number of ketones is 1. The van der Waals surface area contributed by atoms with E-state index < -0.39 is 11.6 Å². The van der Waals surface area contributed by atoms with Crippen molar-refractivity contribution in [3.63, 3.8) is 0 Å². The highest BCUT2D eigenvalue weighted by molar-refractivity contribution is 6.46. The predicted molar refractivity (Wildman–Crippen MR) is 114 cm³/mol. The minimum Gasteiger partial charge on any atom is -0.469 e. The van der Waals surface area contributed by atoms with E-state index in [2.05, 4.69) is 11.7 Å². The lowest BCUT2D eigenvalue weighted by Gasteiger charge is -2.27. The number of halogens is 1. The number of esters is 2. The Labute approximate surface area is 178 Å². The zero-order valence-electron chi connectivity index (χ0n) is 17.5. The Morgan fingerprint density at radius 2 is 1.86 bits per heavy atom. The third kappa shape index (κ3) is 8.40. The smallest absolute Gasteiger partial charge is 0.305 e. The number of hydrogen-bond acceptors (Lipinski definition) is 5. The van der Waals surface area contributed by atoms with Crippen LogP contribution < -0.4 is 0 Å². The van der Waals surface area contributed by atoms with Crippen LogP contribution in [0, 0.1) is 0 Å². The molecule has 0 saturated carbocycles. The second-order valence-electron chi connectivity index (χ2n) is 6.95. The maximum absolute atomic E-state index is 12.5. The molecule has 0 N–H and O–H groups in total. The number of methoxy groups -OCH3 is 1. The van der Waals surface area contributed by atoms with E-state index in [1.807, 2.05) is 18.2 Å². The zero-order chi connectivity index (χ0) is 21.7. The molecule has 0 spiro atoms. The number of carbonyl (C=O) groups is 3. The minimum atomic E-state index is -1.18. The van der Waals surface area contributed by atoms with E-state index in [0.29, 0.717) is 31.3 Å². The van der Waals surface area contributed by atoms with E-state index in [0.717, 1.165) is 25.7 Å². The molecule has 1 atom stereocenters. The first kappa shape index (κ1) is 24.9. The summed E-state index contributed by atoms with van der Waals surface area (Å²) in [6, 6.07) is 0. The third-order valence-corrected chi connectivity index (χ3v) is 4.82. The van der Waals surface area contributed by atoms with Crippen LogP contribution >= 0.6 is 11.6 Å². The summed E-state index contributed by atoms with van der Waals surface area (Å²) in [5, 5.41) is 0.0518. The maximum Gasteiger partial charge on any atom is 0.305 e. The number of hydrogen-bond donors (Lipinski definition) is 0. The minimum absolute atomic E-state index is 0.0518. The van der Waals surface area contributed by atoms with E-state index in [1.165, 1.54) is 20.1 Å². The van der Waals surface area contributed by atoms with Crippen molar-refractivity contribution >= 4 is 29.3 Å². The van der Waals surface area contributed by atoms with Gasteiger partial charge in [0.2, 0.25) is 5.78 Å². The Balaban J connectivity index is 2.90. The van der Waals surface area contributed by atoms with Crippen LogP contribution in [-0.4, -0.2) is 30.4 Å². The molecule has 0 fully saturated rings. The lowest BCUT2D eigenvalue weighted by Crippen LogP contribution is -2.33. The van der Waals surface area contributed by atoms with Crippen molar-refractivity contribution in [2.45, 2.75) is 70.8 Å². The van der Waals surface area contributed by atoms with Crippen LogP contribution in [0.2, 0.25) is 0 Å². The molecule has 0 aliphatic heterocycles. The quantitative estimate of drug-likeness (QED) is 0.183. The number of Topliss-reactive ketones (excluding diaryl/α,β-unsaturated/α-hetero) is 1. The van der Waals surface area contributed by atoms with Crippen LogP contribution in [0.25, 0.3) is 0 Å². The van der Waals surface area contributed by atoms with Gasteiger partial charge in [-0.25, -0.2) is 0 Å². The average molecular weight is 423 g/mol. The highest BCUT2D eigenvalue weighted by Crippen LogP contribution is 2.39. The molecule has 0 saturated heterocycles. The molecule has 0 bridgehead atoms. The second-order valence-corrected chi connectivity index (χ2v) is 7.36. The largest absolute Gasteiger partial charge is 0.469 e. The van der Waals surface area contributed by atoms with Gasteiger partial charge in [0.15, 0.2) is 5.60 Å². The molecule has 0 aromatic carbocycles. The lowest BCUT2D eigenvalue weighted by molar-refractivity contribution is -0.149. The third-order valence-electron chi connectivity index (χ3n) is 4.54. The summed E-state index contributed by atoms with van der Waals surface area (Å²) < 4.78 is 10.2. The van der Waals surface area contributed by atoms with Crippen molar-refractivity contribution in [1.82, 2.24) is 0 Å². The van der Waals surface area contributed by atoms with Gasteiger partial charge in [-0.1, -0.05) is 61.7 Å². The average Bonchev–Trinajstić information content (AvgIpc) is 2.90. The molecule has 0 aromatic rings. The molecule has 5 nitrogen and oxygen atoms in total. The van der Waals surface area contributed by atoms with E-state index in [4.69, 9.17) is 16.3 Å². The fourth-order valence-corrected chi connectivity index (χ4v) is 3.33. The number of unbranched alkanes of at least 4 members (excludes halogenated alkanes) is 4. The summed E-state index contributed by atoms with van der Waals surface area (Å²) in [7, 11) is 1.36. The van der Waals surface area contributed by atoms with Crippen LogP contribution in [0.15, 0.2) is 47.1 Å². The molecule has 0 heterocycles. The molecule has 29 heavy (non-hydrogen) atoms. The molecule has 0 amide bonds. The molecule has 0 aromatic heterocycles. The Hall–Kier alpha value is -2.14. The van der Waals surface area contributed by atoms with E-state index in [1.54, 1.807) is 12.2 Å². The van der Waals surface area contributed by atoms with E-state index in [9.17, 15) is 14.4 Å². The van der Waals surface area contributed by atoms with Gasteiger partial charge in [0.25, 0.3) is 0 Å². The van der Waals surface area contributed by atoms with Gasteiger partial charge >= 0.3 is 11.9 Å². The Morgan fingerprint density at radius 1 is 1.14 bits per heavy atom. The highest BCUT2D eigenvalue weighted by Gasteiger charge is 2.44. The van der Waals surface area contributed by atoms with E-state index >= 15 is 0 Å². The lowest BCUT2D eigenvalue weighted by atomic mass is 9.91. The fraction of sp³-hybridized carbons (Fsp3) is 0.522. The van der Waals surface area contributed by atoms with Crippen molar-refractivity contribution in [2.24, 2.45) is 0 Å². The Kier molecular flexibility index (Phi) is 11.3. The normalized spacial score (nSPS) is 20.6. The second kappa shape index (κ2) is 13.2. The SMILES string of the molecule is CCCCC/C=C\C[C@@]1(OC(C)=O)C=C(Cl)C(=O)C1=C/C=C/CCCC(=O)OC. The van der Waals surface area contributed by atoms with Crippen molar-refractivity contribution in [2.75, 3.05) is 7.11 Å². The van der Waals surface area contributed by atoms with Gasteiger partial charge in [0, 0.05) is 25.3 Å². The zero-order valence-corrected chi connectivity index (χ0v) is 18.3. The summed E-state index contributed by atoms with van der Waals surface area (Å²) in [4.78, 5) is 35.4. The van der Waals surface area contributed by atoms with Crippen molar-refractivity contribution in [3.8, 4) is 0 Å². The first-order valence-electron chi connectivity index (χ1n) is 10.1. The van der Waals surface area contributed by atoms with Crippen molar-refractivity contribution in [1.29, 1.82) is 0 Å². The summed E-state index contributed by atoms with van der Waals surface area (Å²) in [5.41, 5.74) is -0.849. The van der Waals surface area contributed by atoms with E-state index in [-0.39, 0.29) is 16.8 Å². The molecule has 1 aliphatic rings. The summed E-state index contributed by atoms with van der Waals surface area (Å²) in [5.74, 6) is -1.07. The maximum atomic E-state index is 12.5. The molecule has 1 rings (SSSR count). The van der Waals surface area contributed by atoms with Crippen LogP contribution in [0.5, 0.6) is 0 Å². The van der Waals surface area contributed by atoms with Crippen molar-refractivity contribution in [3.05, 3.63) is 47.1 Å². The molecular weight excluding hydrogens is 392 g/mol. The molecule has 160 valence electrons. The monoisotopic (exact) mass is 422 g/mol. The fourth-order valence-electron chi connectivity index (χ4n) is 3.05. The Morgan fingerprint density at radius 3 is 2.52 bits per heavy atom. The van der Waals surface area contributed by atoms with Gasteiger partial charge in [-0.2, -0.15) is 0 Å². The molecule has 6 heteroatoms. The van der Waals surface area contributed by atoms with Crippen LogP contribution in [0.1, 0.15) is 65.2 Å².